The minimum Gasteiger partial charge on any atom is -1.00 e. The normalized spacial score (nSPS) is 10.3. The molecule has 0 saturated heterocycles. The lowest BCUT2D eigenvalue weighted by atomic mass is 10.1. The summed E-state index contributed by atoms with van der Waals surface area (Å²) in [7, 11) is 0. The number of nitrogens with zero attached hydrogens (tertiary/aromatic N) is 2. The van der Waals surface area contributed by atoms with Crippen molar-refractivity contribution in [3.8, 4) is 11.5 Å². The van der Waals surface area contributed by atoms with Crippen molar-refractivity contribution in [3.63, 3.8) is 0 Å². The second-order valence-corrected chi connectivity index (χ2v) is 8.78. The third-order valence-corrected chi connectivity index (χ3v) is 5.88. The largest absolute Gasteiger partial charge is 1.00 e. The topological polar surface area (TPSA) is 26.2 Å². The van der Waals surface area contributed by atoms with E-state index in [0.29, 0.717) is 13.2 Å². The van der Waals surface area contributed by atoms with Crippen LogP contribution < -0.4 is 52.6 Å². The van der Waals surface area contributed by atoms with Gasteiger partial charge in [-0.05, 0) is 12.8 Å². The summed E-state index contributed by atoms with van der Waals surface area (Å²) in [6.07, 6.45) is 24.4. The molecule has 6 heteroatoms. The molecule has 2 aromatic rings. The summed E-state index contributed by atoms with van der Waals surface area (Å²) in [5.74, 6) is 1.80. The average molecular weight is 602 g/mol. The molecule has 0 aliphatic carbocycles. The predicted molar refractivity (Wildman–Crippen MR) is 131 cm³/mol. The first-order valence-corrected chi connectivity index (χ1v) is 13.1. The summed E-state index contributed by atoms with van der Waals surface area (Å²) < 4.78 is 16.1. The molecule has 2 rings (SSSR count). The van der Waals surface area contributed by atoms with Gasteiger partial charge in [0.15, 0.2) is 24.8 Å². The monoisotopic (exact) mass is 600 g/mol. The van der Waals surface area contributed by atoms with Crippen molar-refractivity contribution < 1.29 is 52.6 Å². The highest BCUT2D eigenvalue weighted by atomic mass is 79.9. The summed E-state index contributed by atoms with van der Waals surface area (Å²) in [4.78, 5) is 0. The molecule has 0 aliphatic heterocycles. The van der Waals surface area contributed by atoms with Crippen LogP contribution in [0.5, 0.6) is 11.5 Å². The Kier molecular flexibility index (Phi) is 21.6. The van der Waals surface area contributed by atoms with E-state index in [1.165, 1.54) is 77.0 Å². The van der Waals surface area contributed by atoms with Crippen LogP contribution in [0.4, 0.5) is 0 Å². The van der Waals surface area contributed by atoms with Gasteiger partial charge in [-0.1, -0.05) is 65.2 Å². The summed E-state index contributed by atoms with van der Waals surface area (Å²) >= 11 is 0. The summed E-state index contributed by atoms with van der Waals surface area (Å²) in [5, 5.41) is 0. The van der Waals surface area contributed by atoms with Crippen LogP contribution in [0, 0.1) is 0 Å². The van der Waals surface area contributed by atoms with Crippen molar-refractivity contribution in [3.05, 3.63) is 49.1 Å². The number of unbranched alkanes of at least 4 members (excludes halogenated alkanes) is 10. The fourth-order valence-corrected chi connectivity index (χ4v) is 3.85. The average Bonchev–Trinajstić information content (AvgIpc) is 2.83. The third-order valence-electron chi connectivity index (χ3n) is 5.88. The van der Waals surface area contributed by atoms with E-state index >= 15 is 0 Å². The molecule has 4 nitrogen and oxygen atoms in total. The zero-order valence-electron chi connectivity index (χ0n) is 21.4. The zero-order valence-corrected chi connectivity index (χ0v) is 24.6. The minimum absolute atomic E-state index is 0. The first kappa shape index (κ1) is 32.9. The number of aryl methyl sites for hydroxylation is 2. The third kappa shape index (κ3) is 15.7. The van der Waals surface area contributed by atoms with Crippen LogP contribution in [0.25, 0.3) is 0 Å². The van der Waals surface area contributed by atoms with Crippen LogP contribution in [-0.2, 0) is 13.1 Å². The van der Waals surface area contributed by atoms with Gasteiger partial charge in [-0.25, -0.2) is 9.13 Å². The van der Waals surface area contributed by atoms with E-state index in [2.05, 4.69) is 47.8 Å². The summed E-state index contributed by atoms with van der Waals surface area (Å²) in [5.41, 5.74) is 0. The molecular formula is C28H46Br2N2O2. The SMILES string of the molecule is CCCCCCCC[n+]1ccc(OCCOc2cc[n+](CCCCCCCC)cc2)cc1.[Br-].[Br-]. The van der Waals surface area contributed by atoms with Crippen LogP contribution in [-0.4, -0.2) is 13.2 Å². The van der Waals surface area contributed by atoms with Crippen LogP contribution in [0.3, 0.4) is 0 Å². The maximum absolute atomic E-state index is 5.83. The Morgan fingerprint density at radius 3 is 1.18 bits per heavy atom. The lowest BCUT2D eigenvalue weighted by molar-refractivity contribution is -0.697. The molecule has 0 spiro atoms. The number of pyridine rings is 2. The maximum Gasteiger partial charge on any atom is 0.172 e. The van der Waals surface area contributed by atoms with Gasteiger partial charge in [-0.15, -0.1) is 0 Å². The molecular weight excluding hydrogens is 556 g/mol. The molecule has 0 unspecified atom stereocenters. The van der Waals surface area contributed by atoms with Crippen molar-refractivity contribution in [2.24, 2.45) is 0 Å². The van der Waals surface area contributed by atoms with Gasteiger partial charge in [-0.3, -0.25) is 0 Å². The first-order valence-electron chi connectivity index (χ1n) is 13.1. The van der Waals surface area contributed by atoms with Crippen LogP contribution >= 0.6 is 0 Å². The molecule has 0 amide bonds. The molecule has 34 heavy (non-hydrogen) atoms. The zero-order chi connectivity index (χ0) is 22.7. The summed E-state index contributed by atoms with van der Waals surface area (Å²) in [6.45, 7) is 7.80. The van der Waals surface area contributed by atoms with Gasteiger partial charge in [0.05, 0.1) is 0 Å². The van der Waals surface area contributed by atoms with Gasteiger partial charge in [0, 0.05) is 37.1 Å². The quantitative estimate of drug-likeness (QED) is 0.173. The van der Waals surface area contributed by atoms with Gasteiger partial charge in [0.1, 0.15) is 37.8 Å². The standard InChI is InChI=1S/C28H46N2O2.2BrH/c1-3-5-7-9-11-13-19-29-21-15-27(16-22-29)31-25-26-32-28-17-23-30(24-18-28)20-14-12-10-8-6-4-2;;/h15-18,21-24H,3-14,19-20,25-26H2,1-2H3;2*1H/q+2;;/p-2. The Balaban J connectivity index is 0.00000544. The van der Waals surface area contributed by atoms with Crippen molar-refractivity contribution in [1.82, 2.24) is 0 Å². The smallest absolute Gasteiger partial charge is 0.172 e. The van der Waals surface area contributed by atoms with Crippen LogP contribution in [0.15, 0.2) is 49.1 Å². The van der Waals surface area contributed by atoms with Crippen molar-refractivity contribution in [2.45, 2.75) is 104 Å². The van der Waals surface area contributed by atoms with Crippen LogP contribution in [0.2, 0.25) is 0 Å². The van der Waals surface area contributed by atoms with E-state index in [-0.39, 0.29) is 34.0 Å². The maximum atomic E-state index is 5.83. The Morgan fingerprint density at radius 2 is 0.824 bits per heavy atom. The highest BCUT2D eigenvalue weighted by Crippen LogP contribution is 2.10. The van der Waals surface area contributed by atoms with Crippen molar-refractivity contribution >= 4 is 0 Å². The Bertz CT molecular complexity index is 635. The fraction of sp³-hybridized carbons (Fsp3) is 0.643. The van der Waals surface area contributed by atoms with Gasteiger partial charge in [-0.2, -0.15) is 0 Å². The number of halogens is 2. The Morgan fingerprint density at radius 1 is 0.500 bits per heavy atom. The molecule has 0 bridgehead atoms. The van der Waals surface area contributed by atoms with E-state index in [1.54, 1.807) is 0 Å². The van der Waals surface area contributed by atoms with E-state index in [4.69, 9.17) is 9.47 Å². The highest BCUT2D eigenvalue weighted by Gasteiger charge is 2.04. The first-order chi connectivity index (χ1) is 15.8. The van der Waals surface area contributed by atoms with Gasteiger partial charge < -0.3 is 43.4 Å². The molecule has 0 N–H and O–H groups in total. The number of ether oxygens (including phenoxy) is 2. The molecule has 0 radical (unpaired) electrons. The molecule has 0 fully saturated rings. The number of hydrogen-bond donors (Lipinski definition) is 0. The number of aromatic nitrogens is 2. The number of hydrogen-bond acceptors (Lipinski definition) is 2. The van der Waals surface area contributed by atoms with E-state index < -0.39 is 0 Å². The van der Waals surface area contributed by atoms with E-state index in [0.717, 1.165) is 24.6 Å². The number of rotatable bonds is 19. The highest BCUT2D eigenvalue weighted by molar-refractivity contribution is 5.16. The van der Waals surface area contributed by atoms with Crippen molar-refractivity contribution in [2.75, 3.05) is 13.2 Å². The molecule has 0 aliphatic rings. The fourth-order valence-electron chi connectivity index (χ4n) is 3.85. The molecule has 194 valence electrons. The van der Waals surface area contributed by atoms with Gasteiger partial charge >= 0.3 is 0 Å². The molecule has 0 saturated carbocycles. The van der Waals surface area contributed by atoms with Gasteiger partial charge in [0.2, 0.25) is 0 Å². The predicted octanol–water partition coefficient (Wildman–Crippen LogP) is 0.448. The minimum atomic E-state index is 0. The van der Waals surface area contributed by atoms with E-state index in [9.17, 15) is 0 Å². The lowest BCUT2D eigenvalue weighted by Gasteiger charge is -2.07. The van der Waals surface area contributed by atoms with Gasteiger partial charge in [0.25, 0.3) is 0 Å². The van der Waals surface area contributed by atoms with Crippen LogP contribution in [0.1, 0.15) is 90.9 Å². The Hall–Kier alpha value is -1.14. The molecule has 2 aromatic heterocycles. The second kappa shape index (κ2) is 22.3. The molecule has 0 atom stereocenters. The van der Waals surface area contributed by atoms with E-state index in [1.807, 2.05) is 24.3 Å². The Labute approximate surface area is 229 Å². The second-order valence-electron chi connectivity index (χ2n) is 8.78. The molecule has 2 heterocycles. The molecule has 0 aromatic carbocycles. The summed E-state index contributed by atoms with van der Waals surface area (Å²) in [6, 6.07) is 8.19. The van der Waals surface area contributed by atoms with Crippen molar-refractivity contribution in [1.29, 1.82) is 0 Å². The lowest BCUT2D eigenvalue weighted by Crippen LogP contribution is -3.00.